The maximum Gasteiger partial charge on any atom is 0.325 e. The molecule has 0 aliphatic rings. The zero-order chi connectivity index (χ0) is 25.0. The van der Waals surface area contributed by atoms with Crippen LogP contribution in [0.3, 0.4) is 0 Å². The highest BCUT2D eigenvalue weighted by Crippen LogP contribution is 2.34. The van der Waals surface area contributed by atoms with Crippen LogP contribution in [0.5, 0.6) is 5.75 Å². The fourth-order valence-electron chi connectivity index (χ4n) is 4.07. The predicted molar refractivity (Wildman–Crippen MR) is 142 cm³/mol. The van der Waals surface area contributed by atoms with Crippen molar-refractivity contribution in [2.45, 2.75) is 72.3 Å². The molecule has 34 heavy (non-hydrogen) atoms. The summed E-state index contributed by atoms with van der Waals surface area (Å²) in [5, 5.41) is 3.78. The first kappa shape index (κ1) is 28.9. The molecule has 0 fully saturated rings. The van der Waals surface area contributed by atoms with Gasteiger partial charge in [-0.2, -0.15) is 0 Å². The first-order valence-electron chi connectivity index (χ1n) is 12.4. The van der Waals surface area contributed by atoms with Crippen molar-refractivity contribution in [1.29, 1.82) is 0 Å². The van der Waals surface area contributed by atoms with E-state index >= 15 is 0 Å². The largest absolute Gasteiger partial charge is 0.492 e. The van der Waals surface area contributed by atoms with Crippen molar-refractivity contribution in [3.63, 3.8) is 0 Å². The van der Waals surface area contributed by atoms with E-state index in [-0.39, 0.29) is 6.16 Å². The maximum atomic E-state index is 10.9. The molecule has 0 amide bonds. The zero-order valence-corrected chi connectivity index (χ0v) is 22.5. The summed E-state index contributed by atoms with van der Waals surface area (Å²) in [5.41, 5.74) is 5.16. The lowest BCUT2D eigenvalue weighted by molar-refractivity contribution is 0.286. The van der Waals surface area contributed by atoms with Crippen molar-refractivity contribution in [3.05, 3.63) is 63.7 Å². The van der Waals surface area contributed by atoms with Gasteiger partial charge in [-0.3, -0.25) is 4.57 Å². The summed E-state index contributed by atoms with van der Waals surface area (Å²) in [7, 11) is -3.92. The van der Waals surface area contributed by atoms with Crippen molar-refractivity contribution in [1.82, 2.24) is 5.32 Å². The summed E-state index contributed by atoms with van der Waals surface area (Å²) < 4.78 is 16.9. The SMILES string of the molecule is CCCCC(CCCOc1ccc(CNCCCP(=O)(O)O)cc1Cl)Cc1ccc(C)c(C)c1. The van der Waals surface area contributed by atoms with Gasteiger partial charge in [0.1, 0.15) is 5.75 Å². The van der Waals surface area contributed by atoms with E-state index in [0.717, 1.165) is 24.8 Å². The fourth-order valence-corrected chi connectivity index (χ4v) is 4.90. The average Bonchev–Trinajstić information content (AvgIpc) is 2.77. The third-order valence-corrected chi connectivity index (χ3v) is 7.40. The normalized spacial score (nSPS) is 12.6. The van der Waals surface area contributed by atoms with Gasteiger partial charge in [-0.05, 0) is 86.4 Å². The van der Waals surface area contributed by atoms with Crippen LogP contribution in [-0.4, -0.2) is 29.1 Å². The molecule has 1 atom stereocenters. The van der Waals surface area contributed by atoms with Crippen LogP contribution in [-0.2, 0) is 17.5 Å². The first-order valence-corrected chi connectivity index (χ1v) is 14.6. The van der Waals surface area contributed by atoms with Crippen LogP contribution < -0.4 is 10.1 Å². The second-order valence-electron chi connectivity index (χ2n) is 9.31. The van der Waals surface area contributed by atoms with Gasteiger partial charge in [0.05, 0.1) is 17.8 Å². The van der Waals surface area contributed by atoms with Gasteiger partial charge in [0, 0.05) is 6.54 Å². The van der Waals surface area contributed by atoms with Gasteiger partial charge in [-0.25, -0.2) is 0 Å². The van der Waals surface area contributed by atoms with Crippen LogP contribution in [0.1, 0.15) is 67.7 Å². The summed E-state index contributed by atoms with van der Waals surface area (Å²) in [6, 6.07) is 12.6. The van der Waals surface area contributed by atoms with E-state index in [9.17, 15) is 4.57 Å². The minimum Gasteiger partial charge on any atom is -0.492 e. The summed E-state index contributed by atoms with van der Waals surface area (Å²) in [6.07, 6.45) is 7.33. The summed E-state index contributed by atoms with van der Waals surface area (Å²) in [4.78, 5) is 17.8. The van der Waals surface area contributed by atoms with Crippen LogP contribution in [0.4, 0.5) is 0 Å². The van der Waals surface area contributed by atoms with Crippen LogP contribution in [0.2, 0.25) is 5.02 Å². The van der Waals surface area contributed by atoms with E-state index in [1.54, 1.807) is 0 Å². The quantitative estimate of drug-likeness (QED) is 0.171. The first-order chi connectivity index (χ1) is 16.2. The molecule has 0 saturated carbocycles. The molecule has 0 bridgehead atoms. The Hall–Kier alpha value is -1.36. The highest BCUT2D eigenvalue weighted by molar-refractivity contribution is 7.51. The average molecular weight is 510 g/mol. The number of hydrogen-bond donors (Lipinski definition) is 3. The number of aryl methyl sites for hydroxylation is 2. The topological polar surface area (TPSA) is 78.8 Å². The predicted octanol–water partition coefficient (Wildman–Crippen LogP) is 6.82. The van der Waals surface area contributed by atoms with Gasteiger partial charge >= 0.3 is 7.60 Å². The van der Waals surface area contributed by atoms with E-state index < -0.39 is 7.60 Å². The van der Waals surface area contributed by atoms with E-state index in [4.69, 9.17) is 26.1 Å². The Balaban J connectivity index is 1.76. The van der Waals surface area contributed by atoms with Crippen LogP contribution >= 0.6 is 19.2 Å². The number of nitrogens with one attached hydrogen (secondary N) is 1. The zero-order valence-electron chi connectivity index (χ0n) is 20.9. The molecule has 0 heterocycles. The van der Waals surface area contributed by atoms with E-state index in [1.807, 2.05) is 18.2 Å². The third-order valence-electron chi connectivity index (χ3n) is 6.20. The third kappa shape index (κ3) is 11.4. The molecule has 0 radical (unpaired) electrons. The Morgan fingerprint density at radius 3 is 2.41 bits per heavy atom. The Kier molecular flexibility index (Phi) is 12.7. The Morgan fingerprint density at radius 2 is 1.74 bits per heavy atom. The van der Waals surface area contributed by atoms with Crippen molar-refractivity contribution in [2.24, 2.45) is 5.92 Å². The van der Waals surface area contributed by atoms with Gasteiger partial charge in [0.2, 0.25) is 0 Å². The number of benzene rings is 2. The molecule has 5 nitrogen and oxygen atoms in total. The minimum atomic E-state index is -3.92. The Bertz CT molecular complexity index is 931. The second kappa shape index (κ2) is 14.9. The fraction of sp³-hybridized carbons (Fsp3) is 0.556. The molecule has 0 spiro atoms. The monoisotopic (exact) mass is 509 g/mol. The lowest BCUT2D eigenvalue weighted by atomic mass is 9.89. The van der Waals surface area contributed by atoms with Crippen molar-refractivity contribution in [3.8, 4) is 5.75 Å². The van der Waals surface area contributed by atoms with E-state index in [2.05, 4.69) is 44.3 Å². The molecular formula is C27H41ClNO4P. The lowest BCUT2D eigenvalue weighted by Gasteiger charge is -2.18. The standard InChI is InChI=1S/C27H41ClNO4P/c1-4-5-8-23(18-24-11-10-21(2)22(3)17-24)9-6-15-33-27-13-12-25(19-26(27)28)20-29-14-7-16-34(30,31)32/h10-13,17,19,23,29H,4-9,14-16,18,20H2,1-3H3,(H2,30,31,32). The molecule has 0 aromatic heterocycles. The Morgan fingerprint density at radius 1 is 1.00 bits per heavy atom. The van der Waals surface area contributed by atoms with Gasteiger partial charge in [0.25, 0.3) is 0 Å². The molecule has 7 heteroatoms. The number of ether oxygens (including phenoxy) is 1. The smallest absolute Gasteiger partial charge is 0.325 e. The molecule has 0 saturated heterocycles. The lowest BCUT2D eigenvalue weighted by Crippen LogP contribution is -2.15. The minimum absolute atomic E-state index is 0.0997. The molecule has 190 valence electrons. The van der Waals surface area contributed by atoms with Gasteiger partial charge in [-0.1, -0.05) is 62.1 Å². The number of hydrogen-bond acceptors (Lipinski definition) is 3. The highest BCUT2D eigenvalue weighted by Gasteiger charge is 2.12. The molecule has 2 aromatic rings. The van der Waals surface area contributed by atoms with Gasteiger partial charge in [0.15, 0.2) is 0 Å². The molecule has 2 aromatic carbocycles. The number of unbranched alkanes of at least 4 members (excludes halogenated alkanes) is 1. The highest BCUT2D eigenvalue weighted by atomic mass is 35.5. The molecule has 0 aliphatic heterocycles. The summed E-state index contributed by atoms with van der Waals surface area (Å²) in [6.45, 7) is 8.39. The van der Waals surface area contributed by atoms with Crippen LogP contribution in [0.25, 0.3) is 0 Å². The van der Waals surface area contributed by atoms with E-state index in [1.165, 1.54) is 36.0 Å². The molecule has 2 rings (SSSR count). The van der Waals surface area contributed by atoms with Crippen molar-refractivity contribution >= 4 is 19.2 Å². The summed E-state index contributed by atoms with van der Waals surface area (Å²) >= 11 is 6.42. The molecule has 1 unspecified atom stereocenters. The summed E-state index contributed by atoms with van der Waals surface area (Å²) in [5.74, 6) is 1.37. The number of rotatable bonds is 16. The molecular weight excluding hydrogens is 469 g/mol. The second-order valence-corrected chi connectivity index (χ2v) is 11.5. The molecule has 3 N–H and O–H groups in total. The van der Waals surface area contributed by atoms with Gasteiger partial charge < -0.3 is 19.8 Å². The van der Waals surface area contributed by atoms with Gasteiger partial charge in [-0.15, -0.1) is 0 Å². The van der Waals surface area contributed by atoms with Crippen LogP contribution in [0, 0.1) is 19.8 Å². The Labute approximate surface area is 210 Å². The maximum absolute atomic E-state index is 10.9. The van der Waals surface area contributed by atoms with Crippen molar-refractivity contribution < 1.29 is 19.1 Å². The van der Waals surface area contributed by atoms with Crippen molar-refractivity contribution in [2.75, 3.05) is 19.3 Å². The number of halogens is 1. The molecule has 0 aliphatic carbocycles. The van der Waals surface area contributed by atoms with Crippen LogP contribution in [0.15, 0.2) is 36.4 Å². The van der Waals surface area contributed by atoms with E-state index in [0.29, 0.717) is 42.8 Å².